The summed E-state index contributed by atoms with van der Waals surface area (Å²) in [6.45, 7) is 9.15. The molecule has 0 aliphatic rings. The van der Waals surface area contributed by atoms with E-state index < -0.39 is 0 Å². The molecule has 0 bridgehead atoms. The van der Waals surface area contributed by atoms with Crippen LogP contribution in [0.25, 0.3) is 0 Å². The molecule has 0 N–H and O–H groups in total. The van der Waals surface area contributed by atoms with Crippen molar-refractivity contribution in [1.29, 1.82) is 0 Å². The van der Waals surface area contributed by atoms with E-state index in [0.29, 0.717) is 5.16 Å². The van der Waals surface area contributed by atoms with Gasteiger partial charge >= 0.3 is 0 Å². The van der Waals surface area contributed by atoms with Crippen LogP contribution >= 0.6 is 22.1 Å². The second-order valence-electron chi connectivity index (χ2n) is 2.85. The number of rotatable bonds is 1. The van der Waals surface area contributed by atoms with Gasteiger partial charge in [0.2, 0.25) is 0 Å². The number of halogens is 1. The third-order valence-corrected chi connectivity index (χ3v) is 7.71. The molecule has 0 heterocycles. The molecule has 0 aromatic heterocycles. The van der Waals surface area contributed by atoms with Gasteiger partial charge in [-0.1, -0.05) is 43.2 Å². The van der Waals surface area contributed by atoms with Crippen molar-refractivity contribution >= 4 is 22.1 Å². The highest BCUT2D eigenvalue weighted by molar-refractivity contribution is 9.39. The predicted octanol–water partition coefficient (Wildman–Crippen LogP) is 3.60. The monoisotopic (exact) mass is 196 g/mol. The summed E-state index contributed by atoms with van der Waals surface area (Å²) in [6, 6.07) is 0. The molecule has 50 valence electrons. The molecule has 0 fully saturated rings. The molecule has 1 unspecified atom stereocenters. The molecular weight excluding hydrogens is 183 g/mol. The fourth-order valence-corrected chi connectivity index (χ4v) is 1.42. The first kappa shape index (κ1) is 8.91. The minimum absolute atomic E-state index is 0.0931. The van der Waals surface area contributed by atoms with Crippen LogP contribution in [0.2, 0.25) is 0 Å². The first-order chi connectivity index (χ1) is 3.48. The highest BCUT2D eigenvalue weighted by Crippen LogP contribution is 2.55. The fraction of sp³-hybridized carbons (Fsp3) is 1.00. The molecule has 1 atom stereocenters. The minimum Gasteiger partial charge on any atom is -0.0606 e. The Morgan fingerprint density at radius 2 is 1.75 bits per heavy atom. The van der Waals surface area contributed by atoms with Crippen LogP contribution in [0.15, 0.2) is 0 Å². The quantitative estimate of drug-likeness (QED) is 0.563. The van der Waals surface area contributed by atoms with Crippen molar-refractivity contribution in [3.05, 3.63) is 0 Å². The maximum absolute atomic E-state index is 3.66. The molecular formula is C6H14BrP. The lowest BCUT2D eigenvalue weighted by Gasteiger charge is -2.23. The van der Waals surface area contributed by atoms with Crippen LogP contribution in [0.5, 0.6) is 0 Å². The van der Waals surface area contributed by atoms with Gasteiger partial charge < -0.3 is 0 Å². The first-order valence-corrected chi connectivity index (χ1v) is 6.46. The van der Waals surface area contributed by atoms with E-state index in [0.717, 1.165) is 0 Å². The SMILES string of the molecule is CCP(Br)C(C)(C)C. The van der Waals surface area contributed by atoms with E-state index in [9.17, 15) is 0 Å². The Morgan fingerprint density at radius 1 is 1.38 bits per heavy atom. The van der Waals surface area contributed by atoms with E-state index in [4.69, 9.17) is 0 Å². The molecule has 8 heavy (non-hydrogen) atoms. The van der Waals surface area contributed by atoms with Crippen LogP contribution in [0, 0.1) is 0 Å². The third kappa shape index (κ3) is 3.04. The summed E-state index contributed by atoms with van der Waals surface area (Å²) in [5.74, 6) is 0. The Morgan fingerprint density at radius 3 is 1.75 bits per heavy atom. The zero-order valence-electron chi connectivity index (χ0n) is 6.03. The smallest absolute Gasteiger partial charge is 0.00814 e. The third-order valence-electron chi connectivity index (χ3n) is 1.01. The summed E-state index contributed by atoms with van der Waals surface area (Å²) < 4.78 is 0. The van der Waals surface area contributed by atoms with Gasteiger partial charge in [0.25, 0.3) is 0 Å². The van der Waals surface area contributed by atoms with Crippen molar-refractivity contribution in [3.63, 3.8) is 0 Å². The average molecular weight is 197 g/mol. The molecule has 0 aromatic carbocycles. The summed E-state index contributed by atoms with van der Waals surface area (Å²) in [5, 5.41) is 0.490. The maximum Gasteiger partial charge on any atom is -0.00814 e. The van der Waals surface area contributed by atoms with Gasteiger partial charge in [-0.05, 0) is 17.9 Å². The van der Waals surface area contributed by atoms with Gasteiger partial charge in [-0.25, -0.2) is 0 Å². The molecule has 0 aliphatic carbocycles. The summed E-state index contributed by atoms with van der Waals surface area (Å²) >= 11 is 3.66. The van der Waals surface area contributed by atoms with Crippen LogP contribution in [-0.2, 0) is 0 Å². The van der Waals surface area contributed by atoms with Gasteiger partial charge in [-0.15, -0.1) is 0 Å². The van der Waals surface area contributed by atoms with Crippen molar-refractivity contribution in [3.8, 4) is 0 Å². The van der Waals surface area contributed by atoms with E-state index in [-0.39, 0.29) is 6.62 Å². The molecule has 2 heteroatoms. The molecule has 0 spiro atoms. The van der Waals surface area contributed by atoms with Crippen molar-refractivity contribution in [2.75, 3.05) is 6.16 Å². The Balaban J connectivity index is 3.62. The van der Waals surface area contributed by atoms with Gasteiger partial charge in [0.05, 0.1) is 0 Å². The highest BCUT2D eigenvalue weighted by Gasteiger charge is 2.18. The standard InChI is InChI=1S/C6H14BrP/c1-5-8(7)6(2,3)4/h5H2,1-4H3. The van der Waals surface area contributed by atoms with Crippen molar-refractivity contribution < 1.29 is 0 Å². The zero-order valence-corrected chi connectivity index (χ0v) is 8.51. The lowest BCUT2D eigenvalue weighted by atomic mass is 10.3. The average Bonchev–Trinajstić information content (AvgIpc) is 1.62. The largest absolute Gasteiger partial charge is 0.0606 e. The fourth-order valence-electron chi connectivity index (χ4n) is 0.474. The van der Waals surface area contributed by atoms with E-state index in [1.54, 1.807) is 0 Å². The van der Waals surface area contributed by atoms with Crippen LogP contribution < -0.4 is 0 Å². The maximum atomic E-state index is 3.66. The molecule has 0 saturated carbocycles. The highest BCUT2D eigenvalue weighted by atomic mass is 79.9. The van der Waals surface area contributed by atoms with Crippen molar-refractivity contribution in [2.45, 2.75) is 32.9 Å². The molecule has 0 radical (unpaired) electrons. The second-order valence-corrected chi connectivity index (χ2v) is 8.12. The van der Waals surface area contributed by atoms with E-state index in [1.807, 2.05) is 0 Å². The molecule has 0 aromatic rings. The van der Waals surface area contributed by atoms with Gasteiger partial charge in [-0.3, -0.25) is 0 Å². The van der Waals surface area contributed by atoms with Crippen LogP contribution in [-0.4, -0.2) is 11.3 Å². The van der Waals surface area contributed by atoms with Gasteiger partial charge in [-0.2, -0.15) is 0 Å². The topological polar surface area (TPSA) is 0 Å². The summed E-state index contributed by atoms with van der Waals surface area (Å²) in [7, 11) is 0. The first-order valence-electron chi connectivity index (χ1n) is 2.92. The Kier molecular flexibility index (Phi) is 3.53. The lowest BCUT2D eigenvalue weighted by molar-refractivity contribution is 0.791. The summed E-state index contributed by atoms with van der Waals surface area (Å²) in [5.41, 5.74) is 0. The summed E-state index contributed by atoms with van der Waals surface area (Å²) in [6.07, 6.45) is 1.28. The van der Waals surface area contributed by atoms with Crippen LogP contribution in [0.3, 0.4) is 0 Å². The van der Waals surface area contributed by atoms with E-state index in [1.165, 1.54) is 6.16 Å². The zero-order chi connectivity index (χ0) is 6.78. The molecule has 0 nitrogen and oxygen atoms in total. The Bertz CT molecular complexity index is 65.4. The number of hydrogen-bond donors (Lipinski definition) is 0. The molecule has 0 saturated heterocycles. The molecule has 0 rings (SSSR count). The van der Waals surface area contributed by atoms with Gasteiger partial charge in [0.15, 0.2) is 0 Å². The summed E-state index contributed by atoms with van der Waals surface area (Å²) in [4.78, 5) is 0. The van der Waals surface area contributed by atoms with Crippen molar-refractivity contribution in [2.24, 2.45) is 0 Å². The van der Waals surface area contributed by atoms with Crippen LogP contribution in [0.1, 0.15) is 27.7 Å². The predicted molar refractivity (Wildman–Crippen MR) is 46.1 cm³/mol. The normalized spacial score (nSPS) is 16.1. The Labute approximate surface area is 61.5 Å². The van der Waals surface area contributed by atoms with E-state index in [2.05, 4.69) is 43.2 Å². The van der Waals surface area contributed by atoms with E-state index >= 15 is 0 Å². The molecule has 0 amide bonds. The van der Waals surface area contributed by atoms with Gasteiger partial charge in [0, 0.05) is 0 Å². The number of hydrogen-bond acceptors (Lipinski definition) is 0. The van der Waals surface area contributed by atoms with Gasteiger partial charge in [0.1, 0.15) is 0 Å². The molecule has 0 aliphatic heterocycles. The second kappa shape index (κ2) is 3.17. The van der Waals surface area contributed by atoms with Crippen LogP contribution in [0.4, 0.5) is 0 Å². The van der Waals surface area contributed by atoms with Crippen molar-refractivity contribution in [1.82, 2.24) is 0 Å². The Hall–Kier alpha value is 0.910. The lowest BCUT2D eigenvalue weighted by Crippen LogP contribution is -2.08. The minimum atomic E-state index is 0.0931.